The Morgan fingerprint density at radius 1 is 0.588 bits per heavy atom. The van der Waals surface area contributed by atoms with Gasteiger partial charge in [-0.25, -0.2) is 0 Å². The summed E-state index contributed by atoms with van der Waals surface area (Å²) in [7, 11) is 0. The smallest absolute Gasteiger partial charge is 0.188 e. The Balaban J connectivity index is 3.34. The Labute approximate surface area is 211 Å². The van der Waals surface area contributed by atoms with Gasteiger partial charge in [-0.2, -0.15) is 0 Å². The molecule has 0 unspecified atom stereocenters. The van der Waals surface area contributed by atoms with Crippen LogP contribution in [-0.4, -0.2) is 31.6 Å². The molecule has 0 bridgehead atoms. The molecule has 0 aromatic carbocycles. The summed E-state index contributed by atoms with van der Waals surface area (Å²) < 4.78 is 0. The number of guanidine groups is 2. The molecule has 34 heavy (non-hydrogen) atoms. The number of aliphatic imine (C=N–C) groups is 2. The fourth-order valence-electron chi connectivity index (χ4n) is 3.72. The van der Waals surface area contributed by atoms with Crippen molar-refractivity contribution in [2.24, 2.45) is 27.2 Å². The lowest BCUT2D eigenvalue weighted by atomic mass is 10.1. The third-order valence-corrected chi connectivity index (χ3v) is 5.83. The zero-order valence-corrected chi connectivity index (χ0v) is 22.3. The van der Waals surface area contributed by atoms with E-state index < -0.39 is 0 Å². The predicted molar refractivity (Wildman–Crippen MR) is 152 cm³/mol. The Morgan fingerprint density at radius 2 is 1.09 bits per heavy atom. The molecule has 6 heteroatoms. The lowest BCUT2D eigenvalue weighted by molar-refractivity contribution is 0.591. The normalized spacial score (nSPS) is 12.1. The van der Waals surface area contributed by atoms with Crippen molar-refractivity contribution in [2.45, 2.75) is 122 Å². The molecule has 0 atom stereocenters. The molecule has 0 aliphatic heterocycles. The Bertz CT molecular complexity index is 535. The van der Waals surface area contributed by atoms with Crippen LogP contribution in [0.2, 0.25) is 0 Å². The van der Waals surface area contributed by atoms with E-state index in [1.165, 1.54) is 89.9 Å². The van der Waals surface area contributed by atoms with Crippen molar-refractivity contribution in [3.63, 3.8) is 0 Å². The molecule has 0 aliphatic rings. The lowest BCUT2D eigenvalue weighted by Crippen LogP contribution is -2.32. The van der Waals surface area contributed by atoms with E-state index in [1.54, 1.807) is 0 Å². The highest BCUT2D eigenvalue weighted by Gasteiger charge is 1.95. The summed E-state index contributed by atoms with van der Waals surface area (Å²) in [5, 5.41) is 3.23. The van der Waals surface area contributed by atoms with E-state index in [2.05, 4.69) is 46.5 Å². The van der Waals surface area contributed by atoms with E-state index in [0.717, 1.165) is 45.3 Å². The standard InChI is InChI=1S/C28H56N6/c1-2-3-4-5-6-7-8-9-10-11-12-13-14-15-19-22-25-33-28(31)34-26-23-20-17-16-18-21-24-32-27(29)30/h6-7,9-10H,2-5,8,11-26H2,1H3,(H4,29,30,32)(H3,31,33,34)/b7-6-,10-9-. The van der Waals surface area contributed by atoms with Gasteiger partial charge in [0.1, 0.15) is 0 Å². The van der Waals surface area contributed by atoms with Gasteiger partial charge in [0.25, 0.3) is 0 Å². The minimum absolute atomic E-state index is 0.191. The summed E-state index contributed by atoms with van der Waals surface area (Å²) in [5.41, 5.74) is 16.6. The van der Waals surface area contributed by atoms with Crippen LogP contribution in [-0.2, 0) is 0 Å². The number of nitrogens with one attached hydrogen (secondary N) is 1. The fourth-order valence-corrected chi connectivity index (χ4v) is 3.72. The Kier molecular flexibility index (Phi) is 25.7. The third-order valence-electron chi connectivity index (χ3n) is 5.83. The second-order valence-electron chi connectivity index (χ2n) is 9.21. The first-order valence-electron chi connectivity index (χ1n) is 14.1. The molecule has 0 saturated heterocycles. The van der Waals surface area contributed by atoms with Gasteiger partial charge >= 0.3 is 0 Å². The molecular weight excluding hydrogens is 420 g/mol. The lowest BCUT2D eigenvalue weighted by Gasteiger charge is -2.06. The average molecular weight is 477 g/mol. The number of nitrogens with zero attached hydrogens (tertiary/aromatic N) is 2. The number of unbranched alkanes of at least 4 members (excludes halogenated alkanes) is 14. The first-order chi connectivity index (χ1) is 16.7. The van der Waals surface area contributed by atoms with Crippen molar-refractivity contribution in [1.82, 2.24) is 5.32 Å². The molecular formula is C28H56N6. The maximum Gasteiger partial charge on any atom is 0.188 e. The topological polar surface area (TPSA) is 115 Å². The van der Waals surface area contributed by atoms with Crippen LogP contribution in [0.25, 0.3) is 0 Å². The van der Waals surface area contributed by atoms with Crippen molar-refractivity contribution < 1.29 is 0 Å². The Morgan fingerprint density at radius 3 is 1.68 bits per heavy atom. The molecule has 0 aromatic heterocycles. The number of rotatable bonds is 24. The van der Waals surface area contributed by atoms with E-state index in [0.29, 0.717) is 5.96 Å². The number of allylic oxidation sites excluding steroid dienone is 4. The van der Waals surface area contributed by atoms with Gasteiger partial charge in [-0.05, 0) is 51.4 Å². The van der Waals surface area contributed by atoms with E-state index in [4.69, 9.17) is 17.2 Å². The zero-order chi connectivity index (χ0) is 25.0. The quantitative estimate of drug-likeness (QED) is 0.0564. The molecule has 0 amide bonds. The van der Waals surface area contributed by atoms with E-state index >= 15 is 0 Å². The fraction of sp³-hybridized carbons (Fsp3) is 0.786. The Hall–Kier alpha value is -1.98. The molecule has 198 valence electrons. The third kappa shape index (κ3) is 28.1. The predicted octanol–water partition coefficient (Wildman–Crippen LogP) is 6.32. The summed E-state index contributed by atoms with van der Waals surface area (Å²) in [6, 6.07) is 0. The number of nitrogens with two attached hydrogens (primary N) is 3. The molecule has 0 saturated carbocycles. The van der Waals surface area contributed by atoms with Crippen LogP contribution < -0.4 is 22.5 Å². The van der Waals surface area contributed by atoms with Gasteiger partial charge in [0.15, 0.2) is 11.9 Å². The molecule has 0 radical (unpaired) electrons. The maximum atomic E-state index is 5.96. The van der Waals surface area contributed by atoms with E-state index in [1.807, 2.05) is 0 Å². The highest BCUT2D eigenvalue weighted by molar-refractivity contribution is 5.77. The summed E-state index contributed by atoms with van der Waals surface area (Å²) in [6.07, 6.45) is 31.6. The first-order valence-corrected chi connectivity index (χ1v) is 14.1. The van der Waals surface area contributed by atoms with Crippen LogP contribution in [0.3, 0.4) is 0 Å². The van der Waals surface area contributed by atoms with E-state index in [-0.39, 0.29) is 5.96 Å². The largest absolute Gasteiger partial charge is 0.370 e. The second kappa shape index (κ2) is 27.3. The second-order valence-corrected chi connectivity index (χ2v) is 9.21. The summed E-state index contributed by atoms with van der Waals surface area (Å²) in [6.45, 7) is 4.74. The van der Waals surface area contributed by atoms with Gasteiger partial charge in [-0.1, -0.05) is 95.4 Å². The number of hydrogen-bond acceptors (Lipinski definition) is 2. The van der Waals surface area contributed by atoms with Crippen LogP contribution in [0.1, 0.15) is 122 Å². The van der Waals surface area contributed by atoms with Crippen LogP contribution in [0.5, 0.6) is 0 Å². The van der Waals surface area contributed by atoms with Gasteiger partial charge in [-0.15, -0.1) is 0 Å². The minimum Gasteiger partial charge on any atom is -0.370 e. The van der Waals surface area contributed by atoms with Crippen LogP contribution in [0.15, 0.2) is 34.3 Å². The molecule has 0 rings (SSSR count). The van der Waals surface area contributed by atoms with Gasteiger partial charge in [0.05, 0.1) is 0 Å². The van der Waals surface area contributed by atoms with E-state index in [9.17, 15) is 0 Å². The molecule has 0 heterocycles. The van der Waals surface area contributed by atoms with Crippen LogP contribution in [0, 0.1) is 0 Å². The SMILES string of the molecule is CCCCC/C=C\C/C=C\CCCCCCCCN=C(N)NCCCCCCCCN=C(N)N. The summed E-state index contributed by atoms with van der Waals surface area (Å²) in [5.74, 6) is 0.788. The highest BCUT2D eigenvalue weighted by Crippen LogP contribution is 2.08. The molecule has 0 aromatic rings. The van der Waals surface area contributed by atoms with Crippen molar-refractivity contribution in [3.05, 3.63) is 24.3 Å². The highest BCUT2D eigenvalue weighted by atomic mass is 15.1. The molecule has 0 aliphatic carbocycles. The molecule has 7 N–H and O–H groups in total. The maximum absolute atomic E-state index is 5.96. The van der Waals surface area contributed by atoms with Gasteiger partial charge in [0.2, 0.25) is 0 Å². The molecule has 0 spiro atoms. The number of hydrogen-bond donors (Lipinski definition) is 4. The molecule has 0 fully saturated rings. The molecule has 6 nitrogen and oxygen atoms in total. The van der Waals surface area contributed by atoms with Crippen LogP contribution in [0.4, 0.5) is 0 Å². The van der Waals surface area contributed by atoms with Crippen LogP contribution >= 0.6 is 0 Å². The van der Waals surface area contributed by atoms with Crippen molar-refractivity contribution in [1.29, 1.82) is 0 Å². The van der Waals surface area contributed by atoms with Crippen molar-refractivity contribution in [2.75, 3.05) is 19.6 Å². The first kappa shape index (κ1) is 32.0. The summed E-state index contributed by atoms with van der Waals surface area (Å²) >= 11 is 0. The van der Waals surface area contributed by atoms with Crippen molar-refractivity contribution in [3.8, 4) is 0 Å². The van der Waals surface area contributed by atoms with Crippen molar-refractivity contribution >= 4 is 11.9 Å². The zero-order valence-electron chi connectivity index (χ0n) is 22.3. The minimum atomic E-state index is 0.191. The summed E-state index contributed by atoms with van der Waals surface area (Å²) in [4.78, 5) is 8.44. The average Bonchev–Trinajstić information content (AvgIpc) is 2.82. The van der Waals surface area contributed by atoms with Gasteiger partial charge < -0.3 is 22.5 Å². The van der Waals surface area contributed by atoms with Gasteiger partial charge in [0, 0.05) is 19.6 Å². The monoisotopic (exact) mass is 476 g/mol. The van der Waals surface area contributed by atoms with Gasteiger partial charge in [-0.3, -0.25) is 9.98 Å².